The molecule has 0 unspecified atom stereocenters. The van der Waals surface area contributed by atoms with Crippen molar-refractivity contribution in [2.45, 2.75) is 0 Å². The van der Waals surface area contributed by atoms with Crippen molar-refractivity contribution in [3.8, 4) is 11.4 Å². The smallest absolute Gasteiger partial charge is 0.262 e. The third kappa shape index (κ3) is 3.79. The molecule has 3 rings (SSSR count). The van der Waals surface area contributed by atoms with Crippen LogP contribution in [0.25, 0.3) is 5.69 Å². The van der Waals surface area contributed by atoms with Crippen LogP contribution in [0.15, 0.2) is 48.8 Å². The average Bonchev–Trinajstić information content (AvgIpc) is 3.11. The number of hydrogen-bond acceptors (Lipinski definition) is 6. The second-order valence-electron chi connectivity index (χ2n) is 4.82. The molecule has 9 heteroatoms. The third-order valence-corrected chi connectivity index (χ3v) is 3.43. The predicted molar refractivity (Wildman–Crippen MR) is 89.1 cm³/mol. The van der Waals surface area contributed by atoms with Crippen molar-refractivity contribution in [3.63, 3.8) is 0 Å². The third-order valence-electron chi connectivity index (χ3n) is 3.08. The standard InChI is InChI=1S/C15H13ClN6O2/c16-13-5-4-10(6-14(13)17)19-15(23)8-24-12-3-1-2-11(7-12)22-9-18-20-21-22/h1-7,9H,8,17H2,(H,19,23). The van der Waals surface area contributed by atoms with E-state index in [0.717, 1.165) is 5.69 Å². The van der Waals surface area contributed by atoms with Crippen LogP contribution in [0.1, 0.15) is 0 Å². The molecule has 0 radical (unpaired) electrons. The van der Waals surface area contributed by atoms with Gasteiger partial charge in [-0.2, -0.15) is 0 Å². The number of rotatable bonds is 5. The first-order valence-electron chi connectivity index (χ1n) is 6.93. The van der Waals surface area contributed by atoms with Gasteiger partial charge >= 0.3 is 0 Å². The number of hydrogen-bond donors (Lipinski definition) is 2. The van der Waals surface area contributed by atoms with Gasteiger partial charge in [0.2, 0.25) is 0 Å². The van der Waals surface area contributed by atoms with Gasteiger partial charge in [-0.15, -0.1) is 5.10 Å². The lowest BCUT2D eigenvalue weighted by Crippen LogP contribution is -2.20. The maximum absolute atomic E-state index is 11.9. The minimum Gasteiger partial charge on any atom is -0.484 e. The zero-order valence-corrected chi connectivity index (χ0v) is 13.1. The molecule has 0 saturated carbocycles. The van der Waals surface area contributed by atoms with Crippen LogP contribution >= 0.6 is 11.6 Å². The fourth-order valence-electron chi connectivity index (χ4n) is 1.96. The molecule has 8 nitrogen and oxygen atoms in total. The van der Waals surface area contributed by atoms with Crippen molar-refractivity contribution < 1.29 is 9.53 Å². The van der Waals surface area contributed by atoms with Crippen LogP contribution in [0, 0.1) is 0 Å². The number of carbonyl (C=O) groups is 1. The summed E-state index contributed by atoms with van der Waals surface area (Å²) >= 11 is 5.84. The maximum Gasteiger partial charge on any atom is 0.262 e. The van der Waals surface area contributed by atoms with Crippen molar-refractivity contribution in [2.24, 2.45) is 0 Å². The molecule has 1 aromatic heterocycles. The molecule has 0 fully saturated rings. The van der Waals surface area contributed by atoms with E-state index in [1.807, 2.05) is 6.07 Å². The van der Waals surface area contributed by atoms with E-state index in [9.17, 15) is 4.79 Å². The number of nitrogen functional groups attached to an aromatic ring is 1. The van der Waals surface area contributed by atoms with Crippen LogP contribution in [0.3, 0.4) is 0 Å². The highest BCUT2D eigenvalue weighted by atomic mass is 35.5. The Morgan fingerprint density at radius 3 is 2.92 bits per heavy atom. The van der Waals surface area contributed by atoms with E-state index in [2.05, 4.69) is 20.8 Å². The van der Waals surface area contributed by atoms with Gasteiger partial charge in [-0.05, 0) is 40.8 Å². The molecule has 24 heavy (non-hydrogen) atoms. The first-order valence-corrected chi connectivity index (χ1v) is 7.31. The van der Waals surface area contributed by atoms with Gasteiger partial charge in [-0.25, -0.2) is 4.68 Å². The summed E-state index contributed by atoms with van der Waals surface area (Å²) in [7, 11) is 0. The normalized spacial score (nSPS) is 10.4. The molecule has 1 amide bonds. The second kappa shape index (κ2) is 6.97. The highest BCUT2D eigenvalue weighted by molar-refractivity contribution is 6.33. The number of amides is 1. The van der Waals surface area contributed by atoms with E-state index in [1.165, 1.54) is 11.0 Å². The summed E-state index contributed by atoms with van der Waals surface area (Å²) in [5, 5.41) is 14.0. The largest absolute Gasteiger partial charge is 0.484 e. The fraction of sp³-hybridized carbons (Fsp3) is 0.0667. The number of nitrogens with two attached hydrogens (primary N) is 1. The number of tetrazole rings is 1. The van der Waals surface area contributed by atoms with Crippen LogP contribution in [0.4, 0.5) is 11.4 Å². The zero-order chi connectivity index (χ0) is 16.9. The first-order chi connectivity index (χ1) is 11.6. The van der Waals surface area contributed by atoms with E-state index >= 15 is 0 Å². The Morgan fingerprint density at radius 2 is 2.17 bits per heavy atom. The molecule has 3 N–H and O–H groups in total. The minimum absolute atomic E-state index is 0.151. The van der Waals surface area contributed by atoms with Crippen LogP contribution in [0.2, 0.25) is 5.02 Å². The number of nitrogens with one attached hydrogen (secondary N) is 1. The number of halogens is 1. The summed E-state index contributed by atoms with van der Waals surface area (Å²) in [6.45, 7) is -0.151. The number of carbonyl (C=O) groups excluding carboxylic acids is 1. The topological polar surface area (TPSA) is 108 Å². The fourth-order valence-corrected chi connectivity index (χ4v) is 2.08. The van der Waals surface area contributed by atoms with Crippen molar-refractivity contribution in [2.75, 3.05) is 17.7 Å². The Hall–Kier alpha value is -3.13. The molecule has 0 atom stereocenters. The van der Waals surface area contributed by atoms with E-state index in [4.69, 9.17) is 22.1 Å². The Bertz CT molecular complexity index is 853. The van der Waals surface area contributed by atoms with E-state index in [-0.39, 0.29) is 12.5 Å². The summed E-state index contributed by atoms with van der Waals surface area (Å²) in [5.41, 5.74) is 7.36. The summed E-state index contributed by atoms with van der Waals surface area (Å²) in [6, 6.07) is 11.9. The van der Waals surface area contributed by atoms with Crippen LogP contribution in [-0.4, -0.2) is 32.7 Å². The van der Waals surface area contributed by atoms with Crippen molar-refractivity contribution >= 4 is 28.9 Å². The Kier molecular flexibility index (Phi) is 4.57. The van der Waals surface area contributed by atoms with Crippen LogP contribution in [0.5, 0.6) is 5.75 Å². The molecule has 0 spiro atoms. The van der Waals surface area contributed by atoms with Gasteiger partial charge in [0.25, 0.3) is 5.91 Å². The number of aromatic nitrogens is 4. The molecule has 0 aliphatic heterocycles. The Balaban J connectivity index is 1.60. The lowest BCUT2D eigenvalue weighted by molar-refractivity contribution is -0.118. The highest BCUT2D eigenvalue weighted by Gasteiger charge is 2.06. The molecule has 1 heterocycles. The molecule has 2 aromatic carbocycles. The lowest BCUT2D eigenvalue weighted by Gasteiger charge is -2.09. The summed E-state index contributed by atoms with van der Waals surface area (Å²) in [6.07, 6.45) is 1.47. The minimum atomic E-state index is -0.315. The number of anilines is 2. The van der Waals surface area contributed by atoms with Crippen molar-refractivity contribution in [1.82, 2.24) is 20.2 Å². The zero-order valence-electron chi connectivity index (χ0n) is 12.4. The van der Waals surface area contributed by atoms with Gasteiger partial charge in [-0.3, -0.25) is 4.79 Å². The molecule has 0 bridgehead atoms. The van der Waals surface area contributed by atoms with Gasteiger partial charge in [0.05, 0.1) is 16.4 Å². The molecule has 0 aliphatic rings. The molecule has 0 aliphatic carbocycles. The van der Waals surface area contributed by atoms with Crippen LogP contribution < -0.4 is 15.8 Å². The van der Waals surface area contributed by atoms with Gasteiger partial charge in [0, 0.05) is 11.8 Å². The molecule has 3 aromatic rings. The van der Waals surface area contributed by atoms with Gasteiger partial charge in [0.1, 0.15) is 12.1 Å². The Labute approximate surface area is 142 Å². The SMILES string of the molecule is Nc1cc(NC(=O)COc2cccc(-n3cnnn3)c2)ccc1Cl. The summed E-state index contributed by atoms with van der Waals surface area (Å²) < 4.78 is 6.97. The van der Waals surface area contributed by atoms with E-state index in [0.29, 0.717) is 22.1 Å². The van der Waals surface area contributed by atoms with Gasteiger partial charge in [-0.1, -0.05) is 17.7 Å². The summed E-state index contributed by atoms with van der Waals surface area (Å²) in [5.74, 6) is 0.207. The lowest BCUT2D eigenvalue weighted by atomic mass is 10.3. The van der Waals surface area contributed by atoms with E-state index < -0.39 is 0 Å². The molecular formula is C15H13ClN6O2. The monoisotopic (exact) mass is 344 g/mol. The number of benzene rings is 2. The first kappa shape index (κ1) is 15.8. The average molecular weight is 345 g/mol. The van der Waals surface area contributed by atoms with Crippen molar-refractivity contribution in [1.29, 1.82) is 0 Å². The quantitative estimate of drug-likeness (QED) is 0.684. The molecular weight excluding hydrogens is 332 g/mol. The second-order valence-corrected chi connectivity index (χ2v) is 5.23. The van der Waals surface area contributed by atoms with E-state index in [1.54, 1.807) is 36.4 Å². The van der Waals surface area contributed by atoms with Gasteiger partial charge < -0.3 is 15.8 Å². The van der Waals surface area contributed by atoms with Crippen molar-refractivity contribution in [3.05, 3.63) is 53.8 Å². The van der Waals surface area contributed by atoms with Crippen LogP contribution in [-0.2, 0) is 4.79 Å². The predicted octanol–water partition coefficient (Wildman–Crippen LogP) is 1.92. The molecule has 0 saturated heterocycles. The molecule has 122 valence electrons. The Morgan fingerprint density at radius 1 is 1.29 bits per heavy atom. The van der Waals surface area contributed by atoms with Gasteiger partial charge in [0.15, 0.2) is 6.61 Å². The highest BCUT2D eigenvalue weighted by Crippen LogP contribution is 2.22. The maximum atomic E-state index is 11.9. The number of ether oxygens (including phenoxy) is 1. The number of nitrogens with zero attached hydrogens (tertiary/aromatic N) is 4. The summed E-state index contributed by atoms with van der Waals surface area (Å²) in [4.78, 5) is 11.9.